The molecule has 0 unspecified atom stereocenters. The Morgan fingerprint density at radius 1 is 1.24 bits per heavy atom. The lowest BCUT2D eigenvalue weighted by molar-refractivity contribution is 0.358. The van der Waals surface area contributed by atoms with E-state index in [9.17, 15) is 0 Å². The van der Waals surface area contributed by atoms with Crippen molar-refractivity contribution in [3.05, 3.63) is 35.4 Å². The number of piperidine rings is 1. The van der Waals surface area contributed by atoms with Crippen LogP contribution in [0.1, 0.15) is 24.0 Å². The Morgan fingerprint density at radius 3 is 2.76 bits per heavy atom. The number of nitrogens with one attached hydrogen (secondary N) is 2. The molecule has 2 rings (SSSR count). The molecule has 0 amide bonds. The summed E-state index contributed by atoms with van der Waals surface area (Å²) in [5, 5.41) is 7.01. The van der Waals surface area contributed by atoms with Gasteiger partial charge in [-0.3, -0.25) is 0 Å². The Kier molecular flexibility index (Phi) is 5.02. The molecule has 0 bridgehead atoms. The lowest BCUT2D eigenvalue weighted by atomic mass is 9.98. The van der Waals surface area contributed by atoms with E-state index in [1.807, 2.05) is 0 Å². The van der Waals surface area contributed by atoms with Gasteiger partial charge in [-0.2, -0.15) is 0 Å². The second-order valence-corrected chi connectivity index (χ2v) is 5.07. The molecule has 0 spiro atoms. The summed E-state index contributed by atoms with van der Waals surface area (Å²) in [6, 6.07) is 8.68. The first kappa shape index (κ1) is 12.6. The SMILES string of the molecule is Cc1ccccc1CCNCC1CCNCC1. The van der Waals surface area contributed by atoms with Crippen LogP contribution in [-0.4, -0.2) is 26.2 Å². The molecule has 0 radical (unpaired) electrons. The van der Waals surface area contributed by atoms with Crippen molar-refractivity contribution in [2.75, 3.05) is 26.2 Å². The fourth-order valence-corrected chi connectivity index (χ4v) is 2.51. The van der Waals surface area contributed by atoms with Gasteiger partial charge in [0.25, 0.3) is 0 Å². The van der Waals surface area contributed by atoms with Crippen molar-refractivity contribution >= 4 is 0 Å². The van der Waals surface area contributed by atoms with Crippen molar-refractivity contribution in [2.45, 2.75) is 26.2 Å². The largest absolute Gasteiger partial charge is 0.317 e. The van der Waals surface area contributed by atoms with Crippen LogP contribution in [0.5, 0.6) is 0 Å². The Hall–Kier alpha value is -0.860. The van der Waals surface area contributed by atoms with Gasteiger partial charge >= 0.3 is 0 Å². The van der Waals surface area contributed by atoms with Gasteiger partial charge in [-0.25, -0.2) is 0 Å². The van der Waals surface area contributed by atoms with Gasteiger partial charge in [0.2, 0.25) is 0 Å². The predicted molar refractivity (Wildman–Crippen MR) is 73.3 cm³/mol. The highest BCUT2D eigenvalue weighted by Crippen LogP contribution is 2.10. The maximum atomic E-state index is 3.60. The number of aryl methyl sites for hydroxylation is 1. The van der Waals surface area contributed by atoms with Crippen molar-refractivity contribution in [3.8, 4) is 0 Å². The van der Waals surface area contributed by atoms with Crippen LogP contribution < -0.4 is 10.6 Å². The van der Waals surface area contributed by atoms with Crippen LogP contribution in [0.4, 0.5) is 0 Å². The summed E-state index contributed by atoms with van der Waals surface area (Å²) in [6.07, 6.45) is 3.81. The average molecular weight is 232 g/mol. The van der Waals surface area contributed by atoms with Crippen LogP contribution in [0.25, 0.3) is 0 Å². The fraction of sp³-hybridized carbons (Fsp3) is 0.600. The van der Waals surface area contributed by atoms with Gasteiger partial charge in [-0.15, -0.1) is 0 Å². The van der Waals surface area contributed by atoms with E-state index in [0.717, 1.165) is 18.9 Å². The first-order chi connectivity index (χ1) is 8.36. The number of hydrogen-bond acceptors (Lipinski definition) is 2. The summed E-state index contributed by atoms with van der Waals surface area (Å²) in [6.45, 7) is 6.89. The summed E-state index contributed by atoms with van der Waals surface area (Å²) in [4.78, 5) is 0. The summed E-state index contributed by atoms with van der Waals surface area (Å²) >= 11 is 0. The molecule has 1 aromatic rings. The van der Waals surface area contributed by atoms with Gasteiger partial charge in [0.1, 0.15) is 0 Å². The Bertz CT molecular complexity index is 329. The van der Waals surface area contributed by atoms with Crippen LogP contribution in [0.2, 0.25) is 0 Å². The molecule has 1 aliphatic rings. The zero-order valence-corrected chi connectivity index (χ0v) is 10.8. The quantitative estimate of drug-likeness (QED) is 0.760. The molecule has 2 heteroatoms. The smallest absolute Gasteiger partial charge is 0.000814 e. The normalized spacial score (nSPS) is 17.2. The van der Waals surface area contributed by atoms with Crippen LogP contribution in [0, 0.1) is 12.8 Å². The maximum absolute atomic E-state index is 3.60. The summed E-state index contributed by atoms with van der Waals surface area (Å²) in [5.41, 5.74) is 2.89. The van der Waals surface area contributed by atoms with E-state index < -0.39 is 0 Å². The standard InChI is InChI=1S/C15H24N2/c1-13-4-2-3-5-15(13)8-11-17-12-14-6-9-16-10-7-14/h2-5,14,16-17H,6-12H2,1H3. The maximum Gasteiger partial charge on any atom is -0.000814 e. The molecule has 1 saturated heterocycles. The molecule has 94 valence electrons. The van der Waals surface area contributed by atoms with Crippen LogP contribution in [0.3, 0.4) is 0 Å². The second-order valence-electron chi connectivity index (χ2n) is 5.07. The first-order valence-corrected chi connectivity index (χ1v) is 6.82. The van der Waals surface area contributed by atoms with Crippen LogP contribution in [0.15, 0.2) is 24.3 Å². The minimum absolute atomic E-state index is 0.883. The third-order valence-electron chi connectivity index (χ3n) is 3.72. The van der Waals surface area contributed by atoms with Gasteiger partial charge in [-0.05, 0) is 69.4 Å². The summed E-state index contributed by atoms with van der Waals surface area (Å²) in [5.74, 6) is 0.883. The highest BCUT2D eigenvalue weighted by molar-refractivity contribution is 5.25. The number of hydrogen-bond donors (Lipinski definition) is 2. The summed E-state index contributed by atoms with van der Waals surface area (Å²) < 4.78 is 0. The van der Waals surface area contributed by atoms with E-state index in [4.69, 9.17) is 0 Å². The molecular weight excluding hydrogens is 208 g/mol. The van der Waals surface area contributed by atoms with E-state index in [1.165, 1.54) is 43.6 Å². The number of rotatable bonds is 5. The fourth-order valence-electron chi connectivity index (χ4n) is 2.51. The van der Waals surface area contributed by atoms with Gasteiger partial charge in [0, 0.05) is 0 Å². The number of benzene rings is 1. The average Bonchev–Trinajstić information content (AvgIpc) is 2.38. The third-order valence-corrected chi connectivity index (χ3v) is 3.72. The van der Waals surface area contributed by atoms with E-state index >= 15 is 0 Å². The lowest BCUT2D eigenvalue weighted by Crippen LogP contribution is -2.34. The van der Waals surface area contributed by atoms with Crippen molar-refractivity contribution in [1.29, 1.82) is 0 Å². The zero-order valence-electron chi connectivity index (χ0n) is 10.8. The van der Waals surface area contributed by atoms with Gasteiger partial charge in [-0.1, -0.05) is 24.3 Å². The van der Waals surface area contributed by atoms with Crippen LogP contribution >= 0.6 is 0 Å². The molecule has 0 aromatic heterocycles. The molecule has 1 aromatic carbocycles. The molecule has 1 fully saturated rings. The first-order valence-electron chi connectivity index (χ1n) is 6.82. The highest BCUT2D eigenvalue weighted by atomic mass is 14.9. The van der Waals surface area contributed by atoms with E-state index in [2.05, 4.69) is 41.8 Å². The topological polar surface area (TPSA) is 24.1 Å². The van der Waals surface area contributed by atoms with Crippen molar-refractivity contribution in [1.82, 2.24) is 10.6 Å². The van der Waals surface area contributed by atoms with E-state index in [0.29, 0.717) is 0 Å². The minimum atomic E-state index is 0.883. The lowest BCUT2D eigenvalue weighted by Gasteiger charge is -2.22. The Labute approximate surface area is 105 Å². The molecule has 2 nitrogen and oxygen atoms in total. The molecule has 2 N–H and O–H groups in total. The Morgan fingerprint density at radius 2 is 2.00 bits per heavy atom. The van der Waals surface area contributed by atoms with Gasteiger partial charge in [0.15, 0.2) is 0 Å². The molecule has 0 aliphatic carbocycles. The third kappa shape index (κ3) is 4.14. The minimum Gasteiger partial charge on any atom is -0.317 e. The van der Waals surface area contributed by atoms with E-state index in [1.54, 1.807) is 0 Å². The Balaban J connectivity index is 1.64. The molecule has 0 atom stereocenters. The van der Waals surface area contributed by atoms with Gasteiger partial charge < -0.3 is 10.6 Å². The van der Waals surface area contributed by atoms with Gasteiger partial charge in [0.05, 0.1) is 0 Å². The molecule has 0 saturated carbocycles. The molecule has 17 heavy (non-hydrogen) atoms. The van der Waals surface area contributed by atoms with E-state index in [-0.39, 0.29) is 0 Å². The monoisotopic (exact) mass is 232 g/mol. The van der Waals surface area contributed by atoms with Crippen molar-refractivity contribution < 1.29 is 0 Å². The molecular formula is C15H24N2. The zero-order chi connectivity index (χ0) is 11.9. The van der Waals surface area contributed by atoms with Crippen molar-refractivity contribution in [2.24, 2.45) is 5.92 Å². The van der Waals surface area contributed by atoms with Crippen LogP contribution in [-0.2, 0) is 6.42 Å². The highest BCUT2D eigenvalue weighted by Gasteiger charge is 2.11. The predicted octanol–water partition coefficient (Wildman–Crippen LogP) is 2.13. The molecule has 1 heterocycles. The summed E-state index contributed by atoms with van der Waals surface area (Å²) in [7, 11) is 0. The molecule has 1 aliphatic heterocycles. The second kappa shape index (κ2) is 6.77. The van der Waals surface area contributed by atoms with Crippen molar-refractivity contribution in [3.63, 3.8) is 0 Å².